The van der Waals surface area contributed by atoms with Gasteiger partial charge in [-0.1, -0.05) is 48.5 Å². The maximum absolute atomic E-state index is 6.38. The molecule has 4 aliphatic carbocycles. The van der Waals surface area contributed by atoms with E-state index in [9.17, 15) is 0 Å². The Labute approximate surface area is 242 Å². The smallest absolute Gasteiger partial charge is 0.399 e. The molecule has 4 bridgehead atoms. The van der Waals surface area contributed by atoms with Gasteiger partial charge in [0.05, 0.1) is 22.4 Å². The second-order valence-corrected chi connectivity index (χ2v) is 15.6. The molecule has 0 atom stereocenters. The van der Waals surface area contributed by atoms with Crippen LogP contribution in [0.3, 0.4) is 0 Å². The summed E-state index contributed by atoms with van der Waals surface area (Å²) in [4.78, 5) is 0. The van der Waals surface area contributed by atoms with Crippen LogP contribution in [0, 0.1) is 23.7 Å². The van der Waals surface area contributed by atoms with Crippen molar-refractivity contribution in [3.8, 4) is 0 Å². The summed E-state index contributed by atoms with van der Waals surface area (Å²) in [5.74, 6) is 3.19. The van der Waals surface area contributed by atoms with Gasteiger partial charge in [-0.15, -0.1) is 0 Å². The minimum Gasteiger partial charge on any atom is -0.399 e. The van der Waals surface area contributed by atoms with Crippen LogP contribution in [0.4, 0.5) is 0 Å². The summed E-state index contributed by atoms with van der Waals surface area (Å²) < 4.78 is 25.5. The molecule has 0 unspecified atom stereocenters. The van der Waals surface area contributed by atoms with E-state index in [1.165, 1.54) is 43.2 Å². The molecule has 0 N–H and O–H groups in total. The fourth-order valence-electron chi connectivity index (χ4n) is 8.83. The molecule has 2 aromatic rings. The molecule has 0 amide bonds. The number of hydrogen-bond donors (Lipinski definition) is 0. The normalized spacial score (nSPS) is 34.0. The fourth-order valence-corrected chi connectivity index (χ4v) is 8.83. The topological polar surface area (TPSA) is 36.9 Å². The first-order chi connectivity index (χ1) is 18.7. The van der Waals surface area contributed by atoms with E-state index >= 15 is 0 Å². The summed E-state index contributed by atoms with van der Waals surface area (Å²) in [5, 5.41) is 0. The average Bonchev–Trinajstić information content (AvgIpc) is 3.24. The highest BCUT2D eigenvalue weighted by atomic mass is 16.7. The molecule has 212 valence electrons. The van der Waals surface area contributed by atoms with Crippen molar-refractivity contribution in [3.05, 3.63) is 59.7 Å². The van der Waals surface area contributed by atoms with E-state index in [0.29, 0.717) is 11.8 Å². The summed E-state index contributed by atoms with van der Waals surface area (Å²) in [5.41, 5.74) is 3.85. The predicted octanol–water partition coefficient (Wildman–Crippen LogP) is 6.03. The Hall–Kier alpha value is -1.59. The molecule has 4 saturated carbocycles. The van der Waals surface area contributed by atoms with Crippen molar-refractivity contribution in [1.29, 1.82) is 0 Å². The Morgan fingerprint density at radius 3 is 1.07 bits per heavy atom. The predicted molar refractivity (Wildman–Crippen MR) is 162 cm³/mol. The van der Waals surface area contributed by atoms with Gasteiger partial charge in [-0.05, 0) is 133 Å². The Morgan fingerprint density at radius 1 is 0.475 bits per heavy atom. The van der Waals surface area contributed by atoms with Crippen molar-refractivity contribution in [2.24, 2.45) is 23.7 Å². The second-order valence-electron chi connectivity index (χ2n) is 15.6. The highest BCUT2D eigenvalue weighted by Gasteiger charge is 2.59. The molecular weight excluding hydrogens is 494 g/mol. The molecule has 2 aromatic carbocycles. The van der Waals surface area contributed by atoms with Gasteiger partial charge in [0.1, 0.15) is 0 Å². The van der Waals surface area contributed by atoms with Crippen LogP contribution in [0.1, 0.15) is 98.6 Å². The molecule has 2 heterocycles. The van der Waals surface area contributed by atoms with Crippen molar-refractivity contribution >= 4 is 25.2 Å². The van der Waals surface area contributed by atoms with Gasteiger partial charge >= 0.3 is 14.2 Å². The number of rotatable bonds is 4. The van der Waals surface area contributed by atoms with Crippen LogP contribution in [-0.2, 0) is 24.0 Å². The number of hydrogen-bond acceptors (Lipinski definition) is 4. The van der Waals surface area contributed by atoms with Crippen LogP contribution in [0.25, 0.3) is 0 Å². The van der Waals surface area contributed by atoms with Crippen LogP contribution < -0.4 is 10.9 Å². The van der Waals surface area contributed by atoms with E-state index < -0.39 is 0 Å². The maximum Gasteiger partial charge on any atom is 0.494 e. The second kappa shape index (κ2) is 8.72. The van der Waals surface area contributed by atoms with Crippen LogP contribution in [0.5, 0.6) is 0 Å². The van der Waals surface area contributed by atoms with Gasteiger partial charge in [0.15, 0.2) is 0 Å². The first-order valence-corrected chi connectivity index (χ1v) is 15.6. The lowest BCUT2D eigenvalue weighted by Gasteiger charge is -2.62. The monoisotopic (exact) mass is 540 g/mol. The summed E-state index contributed by atoms with van der Waals surface area (Å²) in [6, 6.07) is 18.6. The highest BCUT2D eigenvalue weighted by molar-refractivity contribution is 6.62. The third kappa shape index (κ3) is 3.88. The molecular formula is C34H46B2O4. The molecule has 4 nitrogen and oxygen atoms in total. The summed E-state index contributed by atoms with van der Waals surface area (Å²) in [6.07, 6.45) is 6.86. The van der Waals surface area contributed by atoms with Gasteiger partial charge in [0.2, 0.25) is 0 Å². The van der Waals surface area contributed by atoms with Crippen molar-refractivity contribution in [2.75, 3.05) is 0 Å². The van der Waals surface area contributed by atoms with Crippen LogP contribution in [0.2, 0.25) is 0 Å². The third-order valence-corrected chi connectivity index (χ3v) is 12.3. The fraction of sp³-hybridized carbons (Fsp3) is 0.647. The quantitative estimate of drug-likeness (QED) is 0.445. The molecule has 0 radical (unpaired) electrons. The van der Waals surface area contributed by atoms with E-state index in [1.54, 1.807) is 0 Å². The van der Waals surface area contributed by atoms with Crippen molar-refractivity contribution in [2.45, 2.75) is 115 Å². The van der Waals surface area contributed by atoms with E-state index in [0.717, 1.165) is 22.8 Å². The van der Waals surface area contributed by atoms with Crippen LogP contribution >= 0.6 is 0 Å². The average molecular weight is 540 g/mol. The Morgan fingerprint density at radius 2 is 0.775 bits per heavy atom. The lowest BCUT2D eigenvalue weighted by molar-refractivity contribution is -0.0418. The molecule has 6 aliphatic rings. The summed E-state index contributed by atoms with van der Waals surface area (Å²) >= 11 is 0. The largest absolute Gasteiger partial charge is 0.494 e. The van der Waals surface area contributed by atoms with E-state index in [1.807, 2.05) is 0 Å². The van der Waals surface area contributed by atoms with E-state index in [4.69, 9.17) is 18.6 Å². The van der Waals surface area contributed by atoms with Crippen molar-refractivity contribution in [1.82, 2.24) is 0 Å². The SMILES string of the molecule is CC1(C)OB(c2ccc(C3(c4ccc(B5OC(C)(C)C(C)(C)O5)cc4)C4CC5CC(C4)CC3C5)cc2)OC1(C)C. The first kappa shape index (κ1) is 27.3. The molecule has 2 aliphatic heterocycles. The molecule has 8 rings (SSSR count). The van der Waals surface area contributed by atoms with E-state index in [-0.39, 0.29) is 42.1 Å². The zero-order chi connectivity index (χ0) is 28.3. The minimum absolute atomic E-state index is 0.0519. The maximum atomic E-state index is 6.38. The van der Waals surface area contributed by atoms with Crippen LogP contribution in [-0.4, -0.2) is 36.6 Å². The standard InChI is InChI=1S/C34H46B2O4/c1-30(2)31(3,4)38-35(37-30)28-13-9-24(10-14-28)34(26-18-22-17-23(20-26)21-27(34)19-22)25-11-15-29(16-12-25)36-39-32(5,6)33(7,8)40-36/h9-16,22-23,26-27H,17-21H2,1-8H3. The number of benzene rings is 2. The molecule has 6 fully saturated rings. The zero-order valence-corrected chi connectivity index (χ0v) is 25.8. The van der Waals surface area contributed by atoms with Crippen molar-refractivity contribution in [3.63, 3.8) is 0 Å². The van der Waals surface area contributed by atoms with E-state index in [2.05, 4.69) is 104 Å². The zero-order valence-electron chi connectivity index (χ0n) is 25.8. The van der Waals surface area contributed by atoms with Gasteiger partial charge in [0, 0.05) is 5.41 Å². The Balaban J connectivity index is 1.24. The van der Waals surface area contributed by atoms with Gasteiger partial charge < -0.3 is 18.6 Å². The highest BCUT2D eigenvalue weighted by Crippen LogP contribution is 2.65. The van der Waals surface area contributed by atoms with Gasteiger partial charge in [-0.25, -0.2) is 0 Å². The van der Waals surface area contributed by atoms with Gasteiger partial charge in [-0.3, -0.25) is 0 Å². The summed E-state index contributed by atoms with van der Waals surface area (Å²) in [6.45, 7) is 17.0. The lowest BCUT2D eigenvalue weighted by atomic mass is 9.42. The molecule has 0 aromatic heterocycles. The lowest BCUT2D eigenvalue weighted by Crippen LogP contribution is -2.56. The minimum atomic E-state index is -0.335. The van der Waals surface area contributed by atoms with Crippen LogP contribution in [0.15, 0.2) is 48.5 Å². The van der Waals surface area contributed by atoms with Gasteiger partial charge in [-0.2, -0.15) is 0 Å². The van der Waals surface area contributed by atoms with Gasteiger partial charge in [0.25, 0.3) is 0 Å². The Bertz CT molecular complexity index is 1140. The molecule has 0 spiro atoms. The summed E-state index contributed by atoms with van der Waals surface area (Å²) in [7, 11) is -0.652. The molecule has 2 saturated heterocycles. The Kier molecular flexibility index (Phi) is 5.94. The first-order valence-electron chi connectivity index (χ1n) is 15.6. The molecule has 6 heteroatoms. The van der Waals surface area contributed by atoms with Crippen molar-refractivity contribution < 1.29 is 18.6 Å². The molecule has 40 heavy (non-hydrogen) atoms. The third-order valence-electron chi connectivity index (χ3n) is 12.3.